The highest BCUT2D eigenvalue weighted by molar-refractivity contribution is 5.44. The van der Waals surface area contributed by atoms with E-state index in [0.29, 0.717) is 24.9 Å². The van der Waals surface area contributed by atoms with E-state index < -0.39 is 11.9 Å². The van der Waals surface area contributed by atoms with Gasteiger partial charge in [-0.05, 0) is 62.8 Å². The van der Waals surface area contributed by atoms with Crippen LogP contribution in [0.15, 0.2) is 54.6 Å². The van der Waals surface area contributed by atoms with Gasteiger partial charge in [0.15, 0.2) is 11.6 Å². The summed E-state index contributed by atoms with van der Waals surface area (Å²) >= 11 is 0. The van der Waals surface area contributed by atoms with Gasteiger partial charge in [0.05, 0.1) is 35.8 Å². The fourth-order valence-electron chi connectivity index (χ4n) is 4.29. The molecule has 0 bridgehead atoms. The Morgan fingerprint density at radius 1 is 1.06 bits per heavy atom. The number of aliphatic hydroxyl groups excluding tert-OH is 1. The number of halogens is 1. The van der Waals surface area contributed by atoms with Crippen molar-refractivity contribution in [3.05, 3.63) is 71.7 Å². The molecule has 0 radical (unpaired) electrons. The maximum Gasteiger partial charge on any atom is 0.227 e. The predicted molar refractivity (Wildman–Crippen MR) is 139 cm³/mol. The summed E-state index contributed by atoms with van der Waals surface area (Å²) in [6, 6.07) is 16.2. The molecule has 36 heavy (non-hydrogen) atoms. The molecule has 1 aliphatic carbocycles. The lowest BCUT2D eigenvalue weighted by atomic mass is 10.1. The number of aliphatic hydroxyl groups is 1. The Morgan fingerprint density at radius 2 is 1.75 bits per heavy atom. The number of rotatable bonds is 13. The molecule has 1 aromatic heterocycles. The Hall–Kier alpha value is -2.74. The van der Waals surface area contributed by atoms with Crippen LogP contribution in [0.1, 0.15) is 57.7 Å². The molecule has 4 rings (SSSR count). The van der Waals surface area contributed by atoms with Crippen LogP contribution in [0.25, 0.3) is 5.69 Å². The Labute approximate surface area is 213 Å². The van der Waals surface area contributed by atoms with Gasteiger partial charge in [-0.25, -0.2) is 9.07 Å². The standard InChI is InChI=1S/C29H38FN3O3/c1-20(2)28-25(18-32(16-22-14-15-22)17-24(34)19-35-21(3)4)29(36-27-13-9-8-12-26(27)30)33(31-28)23-10-6-5-7-11-23/h5-13,20-22,24,34H,14-19H2,1-4H3/t24-/m0/s1. The third-order valence-corrected chi connectivity index (χ3v) is 6.24. The molecule has 1 heterocycles. The third-order valence-electron chi connectivity index (χ3n) is 6.24. The molecule has 0 spiro atoms. The zero-order valence-electron chi connectivity index (χ0n) is 21.7. The Morgan fingerprint density at radius 3 is 2.39 bits per heavy atom. The number of hydrogen-bond acceptors (Lipinski definition) is 5. The van der Waals surface area contributed by atoms with Crippen molar-refractivity contribution in [2.75, 3.05) is 19.7 Å². The van der Waals surface area contributed by atoms with Gasteiger partial charge in [-0.3, -0.25) is 4.90 Å². The first-order valence-electron chi connectivity index (χ1n) is 12.9. The Balaban J connectivity index is 1.72. The monoisotopic (exact) mass is 495 g/mol. The molecule has 0 unspecified atom stereocenters. The lowest BCUT2D eigenvalue weighted by molar-refractivity contribution is -0.0102. The minimum atomic E-state index is -0.603. The second-order valence-corrected chi connectivity index (χ2v) is 10.3. The van der Waals surface area contributed by atoms with Crippen LogP contribution in [0.3, 0.4) is 0 Å². The van der Waals surface area contributed by atoms with Crippen molar-refractivity contribution in [3.63, 3.8) is 0 Å². The van der Waals surface area contributed by atoms with E-state index in [1.807, 2.05) is 44.2 Å². The Kier molecular flexibility index (Phi) is 8.77. The van der Waals surface area contributed by atoms with Gasteiger partial charge in [-0.2, -0.15) is 5.10 Å². The summed E-state index contributed by atoms with van der Waals surface area (Å²) in [5, 5.41) is 15.7. The molecular formula is C29H38FN3O3. The van der Waals surface area contributed by atoms with E-state index in [4.69, 9.17) is 14.6 Å². The molecule has 3 aromatic rings. The van der Waals surface area contributed by atoms with Gasteiger partial charge >= 0.3 is 0 Å². The van der Waals surface area contributed by atoms with E-state index in [-0.39, 0.29) is 24.4 Å². The zero-order chi connectivity index (χ0) is 25.7. The van der Waals surface area contributed by atoms with Crippen molar-refractivity contribution in [3.8, 4) is 17.3 Å². The highest BCUT2D eigenvalue weighted by Gasteiger charge is 2.30. The first kappa shape index (κ1) is 26.3. The maximum atomic E-state index is 14.7. The Bertz CT molecular complexity index is 1110. The van der Waals surface area contributed by atoms with Crippen LogP contribution in [0.2, 0.25) is 0 Å². The van der Waals surface area contributed by atoms with Crippen LogP contribution in [0.5, 0.6) is 11.6 Å². The molecule has 6 nitrogen and oxygen atoms in total. The van der Waals surface area contributed by atoms with Gasteiger partial charge in [0.2, 0.25) is 5.88 Å². The van der Waals surface area contributed by atoms with Crippen LogP contribution in [0.4, 0.5) is 4.39 Å². The lowest BCUT2D eigenvalue weighted by Crippen LogP contribution is -2.36. The van der Waals surface area contributed by atoms with E-state index in [9.17, 15) is 9.50 Å². The van der Waals surface area contributed by atoms with E-state index in [2.05, 4.69) is 18.7 Å². The first-order chi connectivity index (χ1) is 17.3. The summed E-state index contributed by atoms with van der Waals surface area (Å²) < 4.78 is 28.4. The van der Waals surface area contributed by atoms with Crippen molar-refractivity contribution >= 4 is 0 Å². The number of nitrogens with zero attached hydrogens (tertiary/aromatic N) is 3. The van der Waals surface area contributed by atoms with Gasteiger partial charge in [-0.15, -0.1) is 0 Å². The number of ether oxygens (including phenoxy) is 2. The summed E-state index contributed by atoms with van der Waals surface area (Å²) in [5.41, 5.74) is 2.66. The molecular weight excluding hydrogens is 457 g/mol. The predicted octanol–water partition coefficient (Wildman–Crippen LogP) is 5.93. The van der Waals surface area contributed by atoms with Gasteiger partial charge in [0.25, 0.3) is 0 Å². The fourth-order valence-corrected chi connectivity index (χ4v) is 4.29. The quantitative estimate of drug-likeness (QED) is 0.319. The van der Waals surface area contributed by atoms with E-state index >= 15 is 0 Å². The molecule has 194 valence electrons. The van der Waals surface area contributed by atoms with Gasteiger partial charge < -0.3 is 14.6 Å². The van der Waals surface area contributed by atoms with Gasteiger partial charge in [-0.1, -0.05) is 44.2 Å². The van der Waals surface area contributed by atoms with Crippen molar-refractivity contribution in [1.29, 1.82) is 0 Å². The van der Waals surface area contributed by atoms with Crippen molar-refractivity contribution in [2.45, 2.75) is 65.2 Å². The SMILES string of the molecule is CC(C)OC[C@@H](O)CN(Cc1c(C(C)C)nn(-c2ccccc2)c1Oc1ccccc1F)CC1CC1. The van der Waals surface area contributed by atoms with Crippen molar-refractivity contribution < 1.29 is 19.0 Å². The minimum absolute atomic E-state index is 0.0638. The number of aromatic nitrogens is 2. The number of hydrogen-bond donors (Lipinski definition) is 1. The highest BCUT2D eigenvalue weighted by Crippen LogP contribution is 2.37. The summed E-state index contributed by atoms with van der Waals surface area (Å²) in [6.45, 7) is 10.3. The molecule has 0 saturated heterocycles. The largest absolute Gasteiger partial charge is 0.435 e. The topological polar surface area (TPSA) is 59.8 Å². The third kappa shape index (κ3) is 6.93. The fraction of sp³-hybridized carbons (Fsp3) is 0.483. The average Bonchev–Trinajstić information content (AvgIpc) is 3.60. The van der Waals surface area contributed by atoms with Crippen LogP contribution in [-0.4, -0.2) is 51.7 Å². The zero-order valence-corrected chi connectivity index (χ0v) is 21.7. The molecule has 2 aromatic carbocycles. The van der Waals surface area contributed by atoms with Gasteiger partial charge in [0.1, 0.15) is 0 Å². The molecule has 7 heteroatoms. The highest BCUT2D eigenvalue weighted by atomic mass is 19.1. The van der Waals surface area contributed by atoms with Crippen LogP contribution in [0, 0.1) is 11.7 Å². The van der Waals surface area contributed by atoms with Gasteiger partial charge in [0, 0.05) is 19.6 Å². The number of benzene rings is 2. The van der Waals surface area contributed by atoms with Crippen LogP contribution < -0.4 is 4.74 Å². The molecule has 1 saturated carbocycles. The second-order valence-electron chi connectivity index (χ2n) is 10.3. The second kappa shape index (κ2) is 12.0. The normalized spacial score (nSPS) is 14.7. The summed E-state index contributed by atoms with van der Waals surface area (Å²) in [7, 11) is 0. The summed E-state index contributed by atoms with van der Waals surface area (Å²) in [6.07, 6.45) is 1.87. The first-order valence-corrected chi connectivity index (χ1v) is 12.9. The van der Waals surface area contributed by atoms with E-state index in [1.165, 1.54) is 18.9 Å². The summed E-state index contributed by atoms with van der Waals surface area (Å²) in [4.78, 5) is 2.26. The molecule has 0 amide bonds. The molecule has 1 N–H and O–H groups in total. The van der Waals surface area contributed by atoms with E-state index in [0.717, 1.165) is 23.5 Å². The average molecular weight is 496 g/mol. The smallest absolute Gasteiger partial charge is 0.227 e. The van der Waals surface area contributed by atoms with Crippen LogP contribution >= 0.6 is 0 Å². The molecule has 1 fully saturated rings. The molecule has 1 atom stereocenters. The molecule has 1 aliphatic rings. The summed E-state index contributed by atoms with van der Waals surface area (Å²) in [5.74, 6) is 0.996. The van der Waals surface area contributed by atoms with Crippen molar-refractivity contribution in [2.24, 2.45) is 5.92 Å². The lowest BCUT2D eigenvalue weighted by Gasteiger charge is -2.26. The minimum Gasteiger partial charge on any atom is -0.435 e. The number of para-hydroxylation sites is 2. The van der Waals surface area contributed by atoms with E-state index in [1.54, 1.807) is 22.9 Å². The van der Waals surface area contributed by atoms with Crippen LogP contribution in [-0.2, 0) is 11.3 Å². The van der Waals surface area contributed by atoms with Crippen molar-refractivity contribution in [1.82, 2.24) is 14.7 Å². The maximum absolute atomic E-state index is 14.7. The molecule has 0 aliphatic heterocycles.